The van der Waals surface area contributed by atoms with Gasteiger partial charge in [-0.2, -0.15) is 0 Å². The Morgan fingerprint density at radius 3 is 2.77 bits per heavy atom. The highest BCUT2D eigenvalue weighted by molar-refractivity contribution is 14.1. The molecule has 0 aliphatic rings. The third kappa shape index (κ3) is 5.19. The van der Waals surface area contributed by atoms with Gasteiger partial charge < -0.3 is 14.6 Å². The fourth-order valence-electron chi connectivity index (χ4n) is 3.14. The molecule has 1 amide bonds. The number of rotatable bonds is 7. The van der Waals surface area contributed by atoms with Crippen molar-refractivity contribution >= 4 is 56.7 Å². The summed E-state index contributed by atoms with van der Waals surface area (Å²) < 4.78 is 9.01. The fraction of sp³-hybridized carbons (Fsp3) is 0.174. The number of nitrogens with one attached hydrogen (secondary N) is 1. The molecular weight excluding hydrogens is 523 g/mol. The van der Waals surface area contributed by atoms with Crippen LogP contribution >= 0.6 is 34.4 Å². The first-order valence-corrected chi connectivity index (χ1v) is 11.8. The van der Waals surface area contributed by atoms with E-state index in [1.54, 1.807) is 0 Å². The molecular formula is C23H21IN4O2S. The molecule has 1 heterocycles. The van der Waals surface area contributed by atoms with Crippen LogP contribution < -0.4 is 10.1 Å². The molecule has 8 heteroatoms. The smallest absolute Gasteiger partial charge is 0.234 e. The lowest BCUT2D eigenvalue weighted by atomic mass is 10.1. The molecule has 4 rings (SSSR count). The van der Waals surface area contributed by atoms with Gasteiger partial charge in [-0.25, -0.2) is 0 Å². The first-order valence-electron chi connectivity index (χ1n) is 9.69. The first-order chi connectivity index (χ1) is 15.0. The Balaban J connectivity index is 1.36. The minimum atomic E-state index is -0.0779. The number of carbonyl (C=O) groups is 1. The van der Waals surface area contributed by atoms with Gasteiger partial charge in [-0.1, -0.05) is 48.2 Å². The Kier molecular flexibility index (Phi) is 6.77. The fourth-order valence-corrected chi connectivity index (χ4v) is 4.52. The molecule has 0 fully saturated rings. The number of carbonyl (C=O) groups excluding carboxylic acids is 1. The molecule has 6 nitrogen and oxygen atoms in total. The number of halogens is 1. The van der Waals surface area contributed by atoms with Gasteiger partial charge in [0.25, 0.3) is 0 Å². The second-order valence-electron chi connectivity index (χ2n) is 7.02. The number of aromatic nitrogens is 3. The summed E-state index contributed by atoms with van der Waals surface area (Å²) in [4.78, 5) is 12.4. The van der Waals surface area contributed by atoms with E-state index in [-0.39, 0.29) is 11.7 Å². The number of hydrogen-bond donors (Lipinski definition) is 1. The van der Waals surface area contributed by atoms with Crippen LogP contribution in [0.3, 0.4) is 0 Å². The monoisotopic (exact) mass is 544 g/mol. The molecule has 158 valence electrons. The van der Waals surface area contributed by atoms with Gasteiger partial charge in [-0.15, -0.1) is 10.2 Å². The largest absolute Gasteiger partial charge is 0.485 e. The average Bonchev–Trinajstić information content (AvgIpc) is 3.12. The summed E-state index contributed by atoms with van der Waals surface area (Å²) in [6.07, 6.45) is 0. The second-order valence-corrected chi connectivity index (χ2v) is 9.21. The minimum Gasteiger partial charge on any atom is -0.485 e. The second kappa shape index (κ2) is 9.69. The molecule has 0 unspecified atom stereocenters. The number of nitrogens with zero attached hydrogens (tertiary/aromatic N) is 3. The summed E-state index contributed by atoms with van der Waals surface area (Å²) in [6.45, 7) is 2.28. The molecule has 0 aliphatic carbocycles. The number of ether oxygens (including phenoxy) is 1. The number of hydrogen-bond acceptors (Lipinski definition) is 5. The molecule has 1 aromatic heterocycles. The molecule has 3 aromatic carbocycles. The number of amides is 1. The summed E-state index contributed by atoms with van der Waals surface area (Å²) in [5, 5.41) is 14.3. The van der Waals surface area contributed by atoms with Gasteiger partial charge in [0.05, 0.1) is 5.75 Å². The zero-order valence-electron chi connectivity index (χ0n) is 17.1. The van der Waals surface area contributed by atoms with Crippen LogP contribution in [0.15, 0.2) is 65.8 Å². The lowest BCUT2D eigenvalue weighted by Gasteiger charge is -2.10. The van der Waals surface area contributed by atoms with Crippen molar-refractivity contribution in [1.82, 2.24) is 14.8 Å². The average molecular weight is 544 g/mol. The third-order valence-corrected chi connectivity index (χ3v) is 6.52. The van der Waals surface area contributed by atoms with Crippen LogP contribution in [0.25, 0.3) is 10.8 Å². The van der Waals surface area contributed by atoms with Gasteiger partial charge >= 0.3 is 0 Å². The van der Waals surface area contributed by atoms with Crippen LogP contribution in [0.2, 0.25) is 0 Å². The van der Waals surface area contributed by atoms with Crippen LogP contribution in [-0.4, -0.2) is 26.4 Å². The maximum absolute atomic E-state index is 12.4. The third-order valence-electron chi connectivity index (χ3n) is 4.83. The Morgan fingerprint density at radius 2 is 1.94 bits per heavy atom. The highest BCUT2D eigenvalue weighted by Crippen LogP contribution is 2.26. The number of aryl methyl sites for hydroxylation is 1. The van der Waals surface area contributed by atoms with Gasteiger partial charge in [-0.3, -0.25) is 4.79 Å². The first kappa shape index (κ1) is 21.6. The van der Waals surface area contributed by atoms with Crippen molar-refractivity contribution in [3.05, 3.63) is 75.6 Å². The number of thioether (sulfide) groups is 1. The highest BCUT2D eigenvalue weighted by Gasteiger charge is 2.13. The van der Waals surface area contributed by atoms with Gasteiger partial charge in [0.2, 0.25) is 5.91 Å². The van der Waals surface area contributed by atoms with Crippen molar-refractivity contribution in [2.24, 2.45) is 7.05 Å². The number of benzene rings is 3. The van der Waals surface area contributed by atoms with E-state index in [2.05, 4.69) is 50.2 Å². The van der Waals surface area contributed by atoms with Crippen molar-refractivity contribution in [3.8, 4) is 5.75 Å². The zero-order chi connectivity index (χ0) is 21.8. The molecule has 0 spiro atoms. The predicted octanol–water partition coefficient (Wildman–Crippen LogP) is 5.19. The van der Waals surface area contributed by atoms with Crippen molar-refractivity contribution in [2.45, 2.75) is 18.7 Å². The Bertz CT molecular complexity index is 1240. The summed E-state index contributed by atoms with van der Waals surface area (Å²) in [5.41, 5.74) is 1.87. The molecule has 0 saturated heterocycles. The molecule has 0 aliphatic heterocycles. The molecule has 0 saturated carbocycles. The zero-order valence-corrected chi connectivity index (χ0v) is 20.1. The van der Waals surface area contributed by atoms with Crippen molar-refractivity contribution in [3.63, 3.8) is 0 Å². The van der Waals surface area contributed by atoms with Crippen molar-refractivity contribution < 1.29 is 9.53 Å². The lowest BCUT2D eigenvalue weighted by molar-refractivity contribution is -0.113. The Hall–Kier alpha value is -2.59. The van der Waals surface area contributed by atoms with E-state index < -0.39 is 0 Å². The van der Waals surface area contributed by atoms with E-state index >= 15 is 0 Å². The molecule has 0 bridgehead atoms. The van der Waals surface area contributed by atoms with E-state index in [9.17, 15) is 4.79 Å². The molecule has 4 aromatic rings. The van der Waals surface area contributed by atoms with Crippen LogP contribution in [-0.2, 0) is 18.4 Å². The highest BCUT2D eigenvalue weighted by atomic mass is 127. The van der Waals surface area contributed by atoms with Crippen molar-refractivity contribution in [1.29, 1.82) is 0 Å². The van der Waals surface area contributed by atoms with Gasteiger partial charge in [-0.05, 0) is 64.7 Å². The molecule has 31 heavy (non-hydrogen) atoms. The van der Waals surface area contributed by atoms with Gasteiger partial charge in [0, 0.05) is 21.7 Å². The Labute approximate surface area is 198 Å². The topological polar surface area (TPSA) is 69.0 Å². The van der Waals surface area contributed by atoms with Crippen LogP contribution in [0.4, 0.5) is 5.69 Å². The summed E-state index contributed by atoms with van der Waals surface area (Å²) >= 11 is 3.60. The minimum absolute atomic E-state index is 0.0779. The predicted molar refractivity (Wildman–Crippen MR) is 133 cm³/mol. The van der Waals surface area contributed by atoms with Gasteiger partial charge in [0.15, 0.2) is 11.0 Å². The molecule has 1 N–H and O–H groups in total. The van der Waals surface area contributed by atoms with Crippen LogP contribution in [0.5, 0.6) is 5.75 Å². The van der Waals surface area contributed by atoms with Gasteiger partial charge in [0.1, 0.15) is 12.4 Å². The van der Waals surface area contributed by atoms with Crippen molar-refractivity contribution in [2.75, 3.05) is 11.1 Å². The van der Waals surface area contributed by atoms with E-state index in [1.165, 1.54) is 11.8 Å². The maximum Gasteiger partial charge on any atom is 0.234 e. The standard InChI is InChI=1S/C23H21IN4O2S/c1-15-12-17(24)10-11-19(15)25-22(29)14-31-23-27-26-21(28(23)2)13-30-20-9-5-7-16-6-3-4-8-18(16)20/h3-12H,13-14H2,1-2H3,(H,25,29). The van der Waals surface area contributed by atoms with E-state index in [0.717, 1.165) is 31.3 Å². The molecule has 0 radical (unpaired) electrons. The Morgan fingerprint density at radius 1 is 1.13 bits per heavy atom. The van der Waals surface area contributed by atoms with E-state index in [0.29, 0.717) is 17.6 Å². The van der Waals surface area contributed by atoms with E-state index in [1.807, 2.05) is 67.1 Å². The van der Waals surface area contributed by atoms with E-state index in [4.69, 9.17) is 4.74 Å². The van der Waals surface area contributed by atoms with Crippen LogP contribution in [0.1, 0.15) is 11.4 Å². The molecule has 0 atom stereocenters. The van der Waals surface area contributed by atoms with Crippen LogP contribution in [0, 0.1) is 10.5 Å². The number of fused-ring (bicyclic) bond motifs is 1. The quantitative estimate of drug-likeness (QED) is 0.256. The summed E-state index contributed by atoms with van der Waals surface area (Å²) in [7, 11) is 1.88. The SMILES string of the molecule is Cc1cc(I)ccc1NC(=O)CSc1nnc(COc2cccc3ccccc23)n1C. The number of anilines is 1. The lowest BCUT2D eigenvalue weighted by Crippen LogP contribution is -2.15. The normalized spacial score (nSPS) is 10.9. The summed E-state index contributed by atoms with van der Waals surface area (Å²) in [5.74, 6) is 1.68. The summed E-state index contributed by atoms with van der Waals surface area (Å²) in [6, 6.07) is 20.0. The maximum atomic E-state index is 12.4.